The highest BCUT2D eigenvalue weighted by Gasteiger charge is 2.09. The molecule has 0 amide bonds. The lowest BCUT2D eigenvalue weighted by atomic mass is 10.1. The van der Waals surface area contributed by atoms with E-state index in [9.17, 15) is 0 Å². The van der Waals surface area contributed by atoms with Crippen molar-refractivity contribution in [3.8, 4) is 0 Å². The summed E-state index contributed by atoms with van der Waals surface area (Å²) in [5.41, 5.74) is 0. The Morgan fingerprint density at radius 2 is 2.07 bits per heavy atom. The third-order valence-electron chi connectivity index (χ3n) is 2.32. The molecule has 1 aliphatic heterocycles. The zero-order chi connectivity index (χ0) is 10.4. The van der Waals surface area contributed by atoms with Gasteiger partial charge in [-0.3, -0.25) is 0 Å². The molecule has 0 aromatic carbocycles. The summed E-state index contributed by atoms with van der Waals surface area (Å²) in [7, 11) is 0. The van der Waals surface area contributed by atoms with Crippen LogP contribution in [0.1, 0.15) is 52.9 Å². The highest BCUT2D eigenvalue weighted by atomic mass is 15.2. The summed E-state index contributed by atoms with van der Waals surface area (Å²) in [6.45, 7) is 6.25. The smallest absolute Gasteiger partial charge is 0.124 e. The van der Waals surface area contributed by atoms with Gasteiger partial charge >= 0.3 is 0 Å². The molecule has 1 rings (SSSR count). The quantitative estimate of drug-likeness (QED) is 0.673. The van der Waals surface area contributed by atoms with Gasteiger partial charge in [0.15, 0.2) is 0 Å². The maximum atomic E-state index is 4.39. The molecule has 3 nitrogen and oxygen atoms in total. The maximum Gasteiger partial charge on any atom is 0.124 e. The van der Waals surface area contributed by atoms with Gasteiger partial charge in [-0.05, 0) is 20.3 Å². The van der Waals surface area contributed by atoms with Gasteiger partial charge in [0.25, 0.3) is 0 Å². The molecule has 0 aliphatic carbocycles. The molecule has 0 aromatic heterocycles. The van der Waals surface area contributed by atoms with E-state index in [0.29, 0.717) is 0 Å². The van der Waals surface area contributed by atoms with Crippen LogP contribution in [0.4, 0.5) is 0 Å². The van der Waals surface area contributed by atoms with Gasteiger partial charge in [0.05, 0.1) is 0 Å². The Kier molecular flexibility index (Phi) is 4.63. The highest BCUT2D eigenvalue weighted by molar-refractivity contribution is 5.97. The van der Waals surface area contributed by atoms with E-state index >= 15 is 0 Å². The van der Waals surface area contributed by atoms with Crippen molar-refractivity contribution < 1.29 is 0 Å². The Balaban J connectivity index is 2.27. The van der Waals surface area contributed by atoms with Gasteiger partial charge in [0.2, 0.25) is 0 Å². The fourth-order valence-corrected chi connectivity index (χ4v) is 1.66. The summed E-state index contributed by atoms with van der Waals surface area (Å²) in [5, 5.41) is 3.29. The molecule has 80 valence electrons. The summed E-state index contributed by atoms with van der Waals surface area (Å²) in [6, 6.07) is 0. The number of hydrogen-bond donors (Lipinski definition) is 1. The molecule has 0 spiro atoms. The topological polar surface area (TPSA) is 36.8 Å². The summed E-state index contributed by atoms with van der Waals surface area (Å²) in [5.74, 6) is 2.02. The summed E-state index contributed by atoms with van der Waals surface area (Å²) in [6.07, 6.45) is 6.43. The largest absolute Gasteiger partial charge is 0.352 e. The molecule has 1 N–H and O–H groups in total. The van der Waals surface area contributed by atoms with Crippen LogP contribution in [0.25, 0.3) is 0 Å². The predicted octanol–water partition coefficient (Wildman–Crippen LogP) is 2.72. The molecule has 0 saturated carbocycles. The molecule has 0 saturated heterocycles. The number of rotatable bonds is 5. The molecule has 0 aromatic rings. The standard InChI is InChI=1S/C11H21N3/c1-4-5-6-7-8-11-13-9(2)12-10(3)14-11/h9H,4-8H2,1-3H3,(H,12,13,14). The van der Waals surface area contributed by atoms with Gasteiger partial charge in [0, 0.05) is 6.42 Å². The van der Waals surface area contributed by atoms with Crippen molar-refractivity contribution in [3.63, 3.8) is 0 Å². The molecule has 0 radical (unpaired) electrons. The van der Waals surface area contributed by atoms with Crippen LogP contribution in [0, 0.1) is 0 Å². The number of hydrogen-bond acceptors (Lipinski definition) is 3. The van der Waals surface area contributed by atoms with E-state index in [0.717, 1.165) is 18.1 Å². The average molecular weight is 195 g/mol. The third kappa shape index (κ3) is 3.90. The molecule has 0 bridgehead atoms. The van der Waals surface area contributed by atoms with Crippen molar-refractivity contribution in [1.82, 2.24) is 5.32 Å². The molecule has 14 heavy (non-hydrogen) atoms. The molecule has 1 heterocycles. The number of amidine groups is 2. The fourth-order valence-electron chi connectivity index (χ4n) is 1.66. The lowest BCUT2D eigenvalue weighted by molar-refractivity contribution is 0.645. The normalized spacial score (nSPS) is 21.2. The molecular formula is C11H21N3. The number of nitrogens with zero attached hydrogens (tertiary/aromatic N) is 2. The van der Waals surface area contributed by atoms with E-state index in [-0.39, 0.29) is 6.17 Å². The molecule has 3 heteroatoms. The predicted molar refractivity (Wildman–Crippen MR) is 61.9 cm³/mol. The van der Waals surface area contributed by atoms with E-state index in [4.69, 9.17) is 0 Å². The first kappa shape index (κ1) is 11.2. The molecule has 1 atom stereocenters. The summed E-state index contributed by atoms with van der Waals surface area (Å²) in [4.78, 5) is 8.68. The first-order valence-electron chi connectivity index (χ1n) is 5.61. The minimum atomic E-state index is 0.202. The van der Waals surface area contributed by atoms with Crippen LogP contribution in [0.3, 0.4) is 0 Å². The lowest BCUT2D eigenvalue weighted by Crippen LogP contribution is -2.35. The van der Waals surface area contributed by atoms with E-state index in [1.807, 2.05) is 6.92 Å². The maximum absolute atomic E-state index is 4.39. The molecule has 1 unspecified atom stereocenters. The molecule has 1 aliphatic rings. The van der Waals surface area contributed by atoms with Crippen LogP contribution in [-0.2, 0) is 0 Å². The second-order valence-corrected chi connectivity index (χ2v) is 3.87. The zero-order valence-corrected chi connectivity index (χ0v) is 9.51. The van der Waals surface area contributed by atoms with E-state index < -0.39 is 0 Å². The van der Waals surface area contributed by atoms with Gasteiger partial charge in [-0.2, -0.15) is 0 Å². The summed E-state index contributed by atoms with van der Waals surface area (Å²) >= 11 is 0. The van der Waals surface area contributed by atoms with Crippen LogP contribution in [0.2, 0.25) is 0 Å². The zero-order valence-electron chi connectivity index (χ0n) is 9.51. The van der Waals surface area contributed by atoms with Gasteiger partial charge in [0.1, 0.15) is 17.8 Å². The van der Waals surface area contributed by atoms with Crippen LogP contribution >= 0.6 is 0 Å². The van der Waals surface area contributed by atoms with Gasteiger partial charge in [-0.15, -0.1) is 0 Å². The van der Waals surface area contributed by atoms with Crippen LogP contribution < -0.4 is 5.32 Å². The van der Waals surface area contributed by atoms with Gasteiger partial charge < -0.3 is 5.32 Å². The Labute approximate surface area is 86.7 Å². The van der Waals surface area contributed by atoms with E-state index in [1.165, 1.54) is 25.7 Å². The van der Waals surface area contributed by atoms with Crippen molar-refractivity contribution in [2.24, 2.45) is 9.98 Å². The van der Waals surface area contributed by atoms with Crippen molar-refractivity contribution in [2.45, 2.75) is 59.0 Å². The lowest BCUT2D eigenvalue weighted by Gasteiger charge is -2.18. The second-order valence-electron chi connectivity index (χ2n) is 3.87. The van der Waals surface area contributed by atoms with Crippen molar-refractivity contribution in [1.29, 1.82) is 0 Å². The Bertz CT molecular complexity index is 231. The van der Waals surface area contributed by atoms with Gasteiger partial charge in [-0.25, -0.2) is 9.98 Å². The molecular weight excluding hydrogens is 174 g/mol. The fraction of sp³-hybridized carbons (Fsp3) is 0.818. The van der Waals surface area contributed by atoms with Gasteiger partial charge in [-0.1, -0.05) is 26.2 Å². The third-order valence-corrected chi connectivity index (χ3v) is 2.32. The van der Waals surface area contributed by atoms with Crippen LogP contribution in [-0.4, -0.2) is 17.8 Å². The number of aliphatic imine (C=N–C) groups is 2. The number of unbranched alkanes of at least 4 members (excludes halogenated alkanes) is 3. The van der Waals surface area contributed by atoms with Crippen molar-refractivity contribution in [2.75, 3.05) is 0 Å². The Hall–Kier alpha value is -0.860. The first-order chi connectivity index (χ1) is 6.72. The van der Waals surface area contributed by atoms with E-state index in [1.54, 1.807) is 0 Å². The average Bonchev–Trinajstić information content (AvgIpc) is 2.11. The first-order valence-corrected chi connectivity index (χ1v) is 5.61. The van der Waals surface area contributed by atoms with Crippen LogP contribution in [0.15, 0.2) is 9.98 Å². The number of nitrogens with one attached hydrogen (secondary N) is 1. The van der Waals surface area contributed by atoms with Crippen LogP contribution in [0.5, 0.6) is 0 Å². The monoisotopic (exact) mass is 195 g/mol. The minimum Gasteiger partial charge on any atom is -0.352 e. The SMILES string of the molecule is CCCCCCC1=NC(C)=NC(C)N1. The highest BCUT2D eigenvalue weighted by Crippen LogP contribution is 2.06. The molecule has 0 fully saturated rings. The van der Waals surface area contributed by atoms with Crippen molar-refractivity contribution >= 4 is 11.7 Å². The van der Waals surface area contributed by atoms with Crippen molar-refractivity contribution in [3.05, 3.63) is 0 Å². The minimum absolute atomic E-state index is 0.202. The Morgan fingerprint density at radius 1 is 1.29 bits per heavy atom. The summed E-state index contributed by atoms with van der Waals surface area (Å²) < 4.78 is 0. The second kappa shape index (κ2) is 5.78. The van der Waals surface area contributed by atoms with E-state index in [2.05, 4.69) is 29.1 Å². The Morgan fingerprint density at radius 3 is 2.71 bits per heavy atom.